The lowest BCUT2D eigenvalue weighted by molar-refractivity contribution is 0.113. The van der Waals surface area contributed by atoms with Crippen molar-refractivity contribution >= 4 is 0 Å². The van der Waals surface area contributed by atoms with Gasteiger partial charge in [-0.15, -0.1) is 0 Å². The molecule has 0 saturated carbocycles. The minimum absolute atomic E-state index is 0.171. The monoisotopic (exact) mass is 278 g/mol. The lowest BCUT2D eigenvalue weighted by Gasteiger charge is -2.38. The zero-order valence-electron chi connectivity index (χ0n) is 12.6. The molecule has 1 aliphatic rings. The fourth-order valence-corrected chi connectivity index (χ4v) is 2.94. The first-order chi connectivity index (χ1) is 9.53. The van der Waals surface area contributed by atoms with Crippen LogP contribution in [-0.2, 0) is 6.42 Å². The molecule has 0 radical (unpaired) electrons. The molecule has 0 aliphatic carbocycles. The predicted molar refractivity (Wildman–Crippen MR) is 81.0 cm³/mol. The maximum atomic E-state index is 9.65. The first-order valence-corrected chi connectivity index (χ1v) is 7.43. The fraction of sp³-hybridized carbons (Fsp3) is 0.625. The van der Waals surface area contributed by atoms with E-state index in [-0.39, 0.29) is 11.4 Å². The Labute approximate surface area is 121 Å². The van der Waals surface area contributed by atoms with Gasteiger partial charge in [0, 0.05) is 6.42 Å². The largest absolute Gasteiger partial charge is 0.504 e. The molecule has 2 rings (SSSR count). The number of nitrogens with two attached hydrogens (primary N) is 1. The summed E-state index contributed by atoms with van der Waals surface area (Å²) in [5, 5.41) is 9.65. The van der Waals surface area contributed by atoms with E-state index in [9.17, 15) is 5.11 Å². The van der Waals surface area contributed by atoms with Crippen LogP contribution in [0, 0.1) is 0 Å². The molecule has 20 heavy (non-hydrogen) atoms. The van der Waals surface area contributed by atoms with Gasteiger partial charge in [0.15, 0.2) is 11.5 Å². The molecular formula is C16H26N2O2. The Bertz CT molecular complexity index is 438. The number of likely N-dealkylation sites (tertiary alicyclic amines) is 1. The highest BCUT2D eigenvalue weighted by atomic mass is 16.5. The van der Waals surface area contributed by atoms with Crippen LogP contribution >= 0.6 is 0 Å². The van der Waals surface area contributed by atoms with E-state index in [0.29, 0.717) is 5.75 Å². The summed E-state index contributed by atoms with van der Waals surface area (Å²) in [5.74, 6) is 0.680. The van der Waals surface area contributed by atoms with Gasteiger partial charge in [0.25, 0.3) is 0 Å². The third-order valence-corrected chi connectivity index (χ3v) is 4.13. The average molecular weight is 278 g/mol. The number of phenolic OH excluding ortho intramolecular Hbond substituents is 1. The van der Waals surface area contributed by atoms with Crippen molar-refractivity contribution in [2.45, 2.75) is 44.7 Å². The van der Waals surface area contributed by atoms with Gasteiger partial charge in [0.1, 0.15) is 0 Å². The van der Waals surface area contributed by atoms with Gasteiger partial charge >= 0.3 is 0 Å². The standard InChI is InChI=1S/C16H26N2O2/c1-16(17,18-9-5-3-4-6-10-18)12-13-7-8-14(19)15(11-13)20-2/h7-8,11,19H,3-6,9-10,12,17H2,1-2H3. The topological polar surface area (TPSA) is 58.7 Å². The van der Waals surface area contributed by atoms with E-state index >= 15 is 0 Å². The van der Waals surface area contributed by atoms with Crippen LogP contribution in [0.1, 0.15) is 38.2 Å². The van der Waals surface area contributed by atoms with Crippen LogP contribution in [0.4, 0.5) is 0 Å². The Morgan fingerprint density at radius 2 is 1.90 bits per heavy atom. The first-order valence-electron chi connectivity index (χ1n) is 7.43. The summed E-state index contributed by atoms with van der Waals surface area (Å²) in [6, 6.07) is 5.46. The predicted octanol–water partition coefficient (Wildman–Crippen LogP) is 2.49. The number of ether oxygens (including phenoxy) is 1. The summed E-state index contributed by atoms with van der Waals surface area (Å²) in [4.78, 5) is 2.39. The normalized spacial score (nSPS) is 20.1. The van der Waals surface area contributed by atoms with Crippen molar-refractivity contribution < 1.29 is 9.84 Å². The number of rotatable bonds is 4. The maximum Gasteiger partial charge on any atom is 0.160 e. The molecule has 0 aromatic heterocycles. The molecule has 1 aliphatic heterocycles. The van der Waals surface area contributed by atoms with Crippen LogP contribution in [-0.4, -0.2) is 35.9 Å². The van der Waals surface area contributed by atoms with Gasteiger partial charge < -0.3 is 15.6 Å². The van der Waals surface area contributed by atoms with Crippen molar-refractivity contribution in [2.24, 2.45) is 5.73 Å². The molecule has 3 N–H and O–H groups in total. The lowest BCUT2D eigenvalue weighted by Crippen LogP contribution is -2.55. The highest BCUT2D eigenvalue weighted by molar-refractivity contribution is 5.42. The second kappa shape index (κ2) is 6.46. The Hall–Kier alpha value is -1.26. The van der Waals surface area contributed by atoms with Crippen LogP contribution in [0.15, 0.2) is 18.2 Å². The molecule has 4 nitrogen and oxygen atoms in total. The number of benzene rings is 1. The fourth-order valence-electron chi connectivity index (χ4n) is 2.94. The molecule has 1 aromatic rings. The second-order valence-electron chi connectivity index (χ2n) is 5.94. The molecule has 1 heterocycles. The van der Waals surface area contributed by atoms with E-state index in [1.54, 1.807) is 13.2 Å². The van der Waals surface area contributed by atoms with Crippen molar-refractivity contribution in [3.63, 3.8) is 0 Å². The van der Waals surface area contributed by atoms with Crippen molar-refractivity contribution in [2.75, 3.05) is 20.2 Å². The number of hydrogen-bond donors (Lipinski definition) is 2. The summed E-state index contributed by atoms with van der Waals surface area (Å²) in [6.07, 6.45) is 5.82. The van der Waals surface area contributed by atoms with E-state index in [1.165, 1.54) is 25.7 Å². The van der Waals surface area contributed by atoms with E-state index in [2.05, 4.69) is 11.8 Å². The zero-order chi connectivity index (χ0) is 14.6. The highest BCUT2D eigenvalue weighted by Crippen LogP contribution is 2.28. The Balaban J connectivity index is 2.10. The molecule has 1 aromatic carbocycles. The van der Waals surface area contributed by atoms with Crippen LogP contribution in [0.5, 0.6) is 11.5 Å². The third-order valence-electron chi connectivity index (χ3n) is 4.13. The minimum Gasteiger partial charge on any atom is -0.504 e. The third kappa shape index (κ3) is 3.64. The van der Waals surface area contributed by atoms with Crippen molar-refractivity contribution in [3.8, 4) is 11.5 Å². The quantitative estimate of drug-likeness (QED) is 0.888. The summed E-state index contributed by atoms with van der Waals surface area (Å²) in [7, 11) is 1.56. The SMILES string of the molecule is COc1cc(CC(C)(N)N2CCCCCC2)ccc1O. The first kappa shape index (κ1) is 15.1. The van der Waals surface area contributed by atoms with Gasteiger partial charge in [-0.2, -0.15) is 0 Å². The Morgan fingerprint density at radius 3 is 2.50 bits per heavy atom. The molecule has 1 atom stereocenters. The summed E-state index contributed by atoms with van der Waals surface area (Å²) in [5.41, 5.74) is 7.28. The molecule has 1 fully saturated rings. The summed E-state index contributed by atoms with van der Waals surface area (Å²) in [6.45, 7) is 4.24. The number of phenols is 1. The molecule has 0 bridgehead atoms. The van der Waals surface area contributed by atoms with Gasteiger partial charge in [0.2, 0.25) is 0 Å². The number of hydrogen-bond acceptors (Lipinski definition) is 4. The number of nitrogens with zero attached hydrogens (tertiary/aromatic N) is 1. The van der Waals surface area contributed by atoms with E-state index < -0.39 is 0 Å². The van der Waals surface area contributed by atoms with Gasteiger partial charge in [-0.1, -0.05) is 18.9 Å². The minimum atomic E-state index is -0.355. The smallest absolute Gasteiger partial charge is 0.160 e. The van der Waals surface area contributed by atoms with Gasteiger partial charge in [-0.05, 0) is 50.6 Å². The van der Waals surface area contributed by atoms with E-state index in [4.69, 9.17) is 10.5 Å². The van der Waals surface area contributed by atoms with E-state index in [0.717, 1.165) is 25.1 Å². The number of aromatic hydroxyl groups is 1. The van der Waals surface area contributed by atoms with Gasteiger partial charge in [-0.3, -0.25) is 4.90 Å². The highest BCUT2D eigenvalue weighted by Gasteiger charge is 2.28. The maximum absolute atomic E-state index is 9.65. The summed E-state index contributed by atoms with van der Waals surface area (Å²) < 4.78 is 5.16. The molecule has 1 unspecified atom stereocenters. The average Bonchev–Trinajstić information content (AvgIpc) is 2.70. The van der Waals surface area contributed by atoms with E-state index in [1.807, 2.05) is 12.1 Å². The zero-order valence-corrected chi connectivity index (χ0v) is 12.6. The van der Waals surface area contributed by atoms with Crippen LogP contribution in [0.2, 0.25) is 0 Å². The Kier molecular flexibility index (Phi) is 4.89. The molecule has 4 heteroatoms. The van der Waals surface area contributed by atoms with Crippen molar-refractivity contribution in [1.29, 1.82) is 0 Å². The molecule has 112 valence electrons. The number of methoxy groups -OCH3 is 1. The molecule has 0 amide bonds. The van der Waals surface area contributed by atoms with Crippen molar-refractivity contribution in [3.05, 3.63) is 23.8 Å². The van der Waals surface area contributed by atoms with Gasteiger partial charge in [-0.25, -0.2) is 0 Å². The lowest BCUT2D eigenvalue weighted by atomic mass is 9.99. The van der Waals surface area contributed by atoms with Crippen molar-refractivity contribution in [1.82, 2.24) is 4.90 Å². The second-order valence-corrected chi connectivity index (χ2v) is 5.94. The molecule has 1 saturated heterocycles. The van der Waals surface area contributed by atoms with Crippen LogP contribution in [0.25, 0.3) is 0 Å². The molecule has 0 spiro atoms. The Morgan fingerprint density at radius 1 is 1.25 bits per heavy atom. The summed E-state index contributed by atoms with van der Waals surface area (Å²) >= 11 is 0. The van der Waals surface area contributed by atoms with Crippen LogP contribution in [0.3, 0.4) is 0 Å². The van der Waals surface area contributed by atoms with Crippen LogP contribution < -0.4 is 10.5 Å². The van der Waals surface area contributed by atoms with Gasteiger partial charge in [0.05, 0.1) is 12.8 Å². The molecular weight excluding hydrogens is 252 g/mol.